The molecule has 0 N–H and O–H groups in total. The summed E-state index contributed by atoms with van der Waals surface area (Å²) in [6, 6.07) is 7.87. The van der Waals surface area contributed by atoms with Gasteiger partial charge in [0.15, 0.2) is 0 Å². The van der Waals surface area contributed by atoms with Crippen LogP contribution < -0.4 is 0 Å². The first-order valence-corrected chi connectivity index (χ1v) is 6.64. The fraction of sp³-hybridized carbons (Fsp3) is 0.500. The number of carbonyl (C=O) groups is 1. The van der Waals surface area contributed by atoms with E-state index < -0.39 is 0 Å². The quantitative estimate of drug-likeness (QED) is 0.798. The van der Waals surface area contributed by atoms with Crippen molar-refractivity contribution in [3.63, 3.8) is 0 Å². The molecule has 1 fully saturated rings. The van der Waals surface area contributed by atoms with Crippen molar-refractivity contribution in [2.24, 2.45) is 5.92 Å². The van der Waals surface area contributed by atoms with E-state index in [0.29, 0.717) is 12.0 Å². The molecule has 1 aromatic carbocycles. The van der Waals surface area contributed by atoms with Crippen molar-refractivity contribution in [3.05, 3.63) is 29.8 Å². The summed E-state index contributed by atoms with van der Waals surface area (Å²) in [5.41, 5.74) is 0.773. The largest absolute Gasteiger partial charge is 0.335 e. The summed E-state index contributed by atoms with van der Waals surface area (Å²) in [7, 11) is 0. The molecule has 2 nitrogen and oxygen atoms in total. The molecule has 1 aliphatic heterocycles. The molecule has 0 saturated carbocycles. The Balaban J connectivity index is 2.17. The van der Waals surface area contributed by atoms with Gasteiger partial charge in [0.05, 0.1) is 0 Å². The monoisotopic (exact) mass is 249 g/mol. The summed E-state index contributed by atoms with van der Waals surface area (Å²) >= 11 is 4.24. The number of likely N-dealkylation sites (tertiary alicyclic amines) is 1. The van der Waals surface area contributed by atoms with Gasteiger partial charge in [-0.1, -0.05) is 13.8 Å². The highest BCUT2D eigenvalue weighted by molar-refractivity contribution is 7.80. The number of nitrogens with zero attached hydrogens (tertiary/aromatic N) is 1. The van der Waals surface area contributed by atoms with Gasteiger partial charge in [-0.05, 0) is 43.0 Å². The van der Waals surface area contributed by atoms with Gasteiger partial charge in [-0.15, -0.1) is 12.6 Å². The molecule has 0 radical (unpaired) electrons. The number of hydrogen-bond donors (Lipinski definition) is 1. The highest BCUT2D eigenvalue weighted by Crippen LogP contribution is 2.25. The summed E-state index contributed by atoms with van der Waals surface area (Å²) in [6.45, 7) is 5.27. The molecule has 17 heavy (non-hydrogen) atoms. The number of benzene rings is 1. The van der Waals surface area contributed by atoms with E-state index in [9.17, 15) is 4.79 Å². The molecule has 3 heteroatoms. The molecule has 1 saturated heterocycles. The lowest BCUT2D eigenvalue weighted by molar-refractivity contribution is 0.0701. The van der Waals surface area contributed by atoms with Crippen LogP contribution in [0.5, 0.6) is 0 Å². The first kappa shape index (κ1) is 12.5. The van der Waals surface area contributed by atoms with Crippen LogP contribution in [0, 0.1) is 5.92 Å². The van der Waals surface area contributed by atoms with Crippen molar-refractivity contribution in [1.82, 2.24) is 4.90 Å². The Labute approximate surface area is 108 Å². The second-order valence-electron chi connectivity index (χ2n) is 5.00. The Hall–Kier alpha value is -0.960. The lowest BCUT2D eigenvalue weighted by Crippen LogP contribution is -2.38. The molecule has 0 aromatic heterocycles. The topological polar surface area (TPSA) is 20.3 Å². The van der Waals surface area contributed by atoms with Gasteiger partial charge in [-0.25, -0.2) is 0 Å². The van der Waals surface area contributed by atoms with Gasteiger partial charge in [-0.2, -0.15) is 0 Å². The van der Waals surface area contributed by atoms with Crippen molar-refractivity contribution in [2.45, 2.75) is 37.6 Å². The van der Waals surface area contributed by atoms with E-state index >= 15 is 0 Å². The molecule has 0 spiro atoms. The van der Waals surface area contributed by atoms with Gasteiger partial charge in [0.1, 0.15) is 0 Å². The molecule has 0 aliphatic carbocycles. The second-order valence-corrected chi connectivity index (χ2v) is 5.52. The summed E-state index contributed by atoms with van der Waals surface area (Å²) in [5.74, 6) is 0.695. The zero-order valence-corrected chi connectivity index (χ0v) is 11.3. The minimum atomic E-state index is 0.162. The minimum Gasteiger partial charge on any atom is -0.335 e. The summed E-state index contributed by atoms with van der Waals surface area (Å²) < 4.78 is 0. The number of hydrogen-bond acceptors (Lipinski definition) is 2. The highest BCUT2D eigenvalue weighted by atomic mass is 32.1. The number of rotatable bonds is 2. The maximum Gasteiger partial charge on any atom is 0.254 e. The lowest BCUT2D eigenvalue weighted by atomic mass is 10.0. The molecule has 1 unspecified atom stereocenters. The van der Waals surface area contributed by atoms with Crippen LogP contribution in [0.4, 0.5) is 0 Å². The molecular formula is C14H19NOS. The summed E-state index contributed by atoms with van der Waals surface area (Å²) in [6.07, 6.45) is 2.26. The molecule has 1 heterocycles. The van der Waals surface area contributed by atoms with Crippen molar-refractivity contribution >= 4 is 18.5 Å². The predicted molar refractivity (Wildman–Crippen MR) is 72.6 cm³/mol. The molecule has 1 atom stereocenters. The van der Waals surface area contributed by atoms with Gasteiger partial charge in [0.2, 0.25) is 0 Å². The van der Waals surface area contributed by atoms with E-state index in [1.165, 1.54) is 0 Å². The average molecular weight is 249 g/mol. The number of amides is 1. The standard InChI is InChI=1S/C14H19NOS/c1-10(2)13-4-3-9-15(13)14(16)11-5-7-12(17)8-6-11/h5-8,10,13,17H,3-4,9H2,1-2H3. The average Bonchev–Trinajstić information content (AvgIpc) is 2.78. The second kappa shape index (κ2) is 5.13. The smallest absolute Gasteiger partial charge is 0.254 e. The van der Waals surface area contributed by atoms with Crippen LogP contribution in [0.15, 0.2) is 29.2 Å². The maximum absolute atomic E-state index is 12.4. The first-order chi connectivity index (χ1) is 8.09. The van der Waals surface area contributed by atoms with E-state index in [4.69, 9.17) is 0 Å². The van der Waals surface area contributed by atoms with E-state index in [0.717, 1.165) is 29.8 Å². The zero-order valence-electron chi connectivity index (χ0n) is 10.4. The molecular weight excluding hydrogens is 230 g/mol. The van der Waals surface area contributed by atoms with Crippen LogP contribution in [-0.4, -0.2) is 23.4 Å². The molecule has 1 amide bonds. The third kappa shape index (κ3) is 2.65. The van der Waals surface area contributed by atoms with Crippen LogP contribution in [-0.2, 0) is 0 Å². The SMILES string of the molecule is CC(C)C1CCCN1C(=O)c1ccc(S)cc1. The van der Waals surface area contributed by atoms with Gasteiger partial charge >= 0.3 is 0 Å². The van der Waals surface area contributed by atoms with Gasteiger partial charge in [-0.3, -0.25) is 4.79 Å². The molecule has 0 bridgehead atoms. The number of thiol groups is 1. The van der Waals surface area contributed by atoms with Crippen LogP contribution in [0.1, 0.15) is 37.0 Å². The third-order valence-electron chi connectivity index (χ3n) is 3.44. The molecule has 92 valence electrons. The van der Waals surface area contributed by atoms with Crippen LogP contribution in [0.2, 0.25) is 0 Å². The van der Waals surface area contributed by atoms with Gasteiger partial charge in [0.25, 0.3) is 5.91 Å². The minimum absolute atomic E-state index is 0.162. The van der Waals surface area contributed by atoms with E-state index in [1.54, 1.807) is 0 Å². The first-order valence-electron chi connectivity index (χ1n) is 6.19. The van der Waals surface area contributed by atoms with Gasteiger partial charge in [0, 0.05) is 23.0 Å². The molecule has 1 aromatic rings. The van der Waals surface area contributed by atoms with E-state index in [1.807, 2.05) is 29.2 Å². The Bertz CT molecular complexity index is 399. The summed E-state index contributed by atoms with van der Waals surface area (Å²) in [5, 5.41) is 0. The Morgan fingerprint density at radius 1 is 1.35 bits per heavy atom. The third-order valence-corrected chi connectivity index (χ3v) is 3.74. The fourth-order valence-electron chi connectivity index (χ4n) is 2.51. The molecule has 2 rings (SSSR count). The van der Waals surface area contributed by atoms with Crippen molar-refractivity contribution in [3.8, 4) is 0 Å². The van der Waals surface area contributed by atoms with Crippen LogP contribution >= 0.6 is 12.6 Å². The zero-order chi connectivity index (χ0) is 12.4. The van der Waals surface area contributed by atoms with Gasteiger partial charge < -0.3 is 4.90 Å². The lowest BCUT2D eigenvalue weighted by Gasteiger charge is -2.27. The maximum atomic E-state index is 12.4. The Morgan fingerprint density at radius 2 is 2.00 bits per heavy atom. The van der Waals surface area contributed by atoms with Crippen molar-refractivity contribution in [1.29, 1.82) is 0 Å². The van der Waals surface area contributed by atoms with Crippen molar-refractivity contribution in [2.75, 3.05) is 6.54 Å². The van der Waals surface area contributed by atoms with E-state index in [-0.39, 0.29) is 5.91 Å². The predicted octanol–water partition coefficient (Wildman–Crippen LogP) is 3.24. The highest BCUT2D eigenvalue weighted by Gasteiger charge is 2.31. The Kier molecular flexibility index (Phi) is 3.77. The molecule has 1 aliphatic rings. The van der Waals surface area contributed by atoms with E-state index in [2.05, 4.69) is 26.5 Å². The van der Waals surface area contributed by atoms with Crippen LogP contribution in [0.25, 0.3) is 0 Å². The van der Waals surface area contributed by atoms with Crippen molar-refractivity contribution < 1.29 is 4.79 Å². The number of carbonyl (C=O) groups excluding carboxylic acids is 1. The normalized spacial score (nSPS) is 20.0. The fourth-order valence-corrected chi connectivity index (χ4v) is 2.66. The van der Waals surface area contributed by atoms with Crippen LogP contribution in [0.3, 0.4) is 0 Å². The Morgan fingerprint density at radius 3 is 2.59 bits per heavy atom. The summed E-state index contributed by atoms with van der Waals surface area (Å²) in [4.78, 5) is 15.3.